The van der Waals surface area contributed by atoms with Gasteiger partial charge in [-0.1, -0.05) is 16.1 Å². The van der Waals surface area contributed by atoms with E-state index in [1.165, 1.54) is 12.4 Å². The van der Waals surface area contributed by atoms with Crippen LogP contribution in [0.15, 0.2) is 12.4 Å². The Morgan fingerprint density at radius 3 is 3.00 bits per heavy atom. The lowest BCUT2D eigenvalue weighted by molar-refractivity contribution is 0.103. The molecule has 0 spiro atoms. The summed E-state index contributed by atoms with van der Waals surface area (Å²) in [6.45, 7) is 2.49. The van der Waals surface area contributed by atoms with Gasteiger partial charge in [0.15, 0.2) is 0 Å². The number of ketones is 1. The van der Waals surface area contributed by atoms with Gasteiger partial charge in [-0.2, -0.15) is 5.10 Å². The van der Waals surface area contributed by atoms with Crippen molar-refractivity contribution >= 4 is 28.9 Å². The monoisotopic (exact) mass is 242 g/mol. The number of hydrogen-bond donors (Lipinski definition) is 0. The first-order valence-electron chi connectivity index (χ1n) is 4.27. The summed E-state index contributed by atoms with van der Waals surface area (Å²) in [4.78, 5) is 12.4. The van der Waals surface area contributed by atoms with Crippen molar-refractivity contribution < 1.29 is 4.79 Å². The van der Waals surface area contributed by atoms with E-state index in [4.69, 9.17) is 11.6 Å². The smallest absolute Gasteiger partial charge is 0.225 e. The highest BCUT2D eigenvalue weighted by molar-refractivity contribution is 7.08. The van der Waals surface area contributed by atoms with Gasteiger partial charge >= 0.3 is 0 Å². The fourth-order valence-electron chi connectivity index (χ4n) is 1.21. The highest BCUT2D eigenvalue weighted by Gasteiger charge is 2.20. The van der Waals surface area contributed by atoms with Crippen LogP contribution in [0.2, 0.25) is 5.02 Å². The molecule has 0 radical (unpaired) electrons. The number of carbonyl (C=O) groups excluding carboxylic acids is 1. The highest BCUT2D eigenvalue weighted by atomic mass is 35.5. The maximum Gasteiger partial charge on any atom is 0.225 e. The van der Waals surface area contributed by atoms with Gasteiger partial charge in [-0.05, 0) is 18.5 Å². The molecule has 0 atom stereocenters. The minimum atomic E-state index is -0.186. The summed E-state index contributed by atoms with van der Waals surface area (Å²) in [5.74, 6) is -0.186. The lowest BCUT2D eigenvalue weighted by atomic mass is 10.2. The molecule has 0 unspecified atom stereocenters. The first kappa shape index (κ1) is 10.3. The Bertz CT molecular complexity index is 479. The second-order valence-electron chi connectivity index (χ2n) is 2.77. The Morgan fingerprint density at radius 1 is 1.60 bits per heavy atom. The molecule has 0 aliphatic carbocycles. The summed E-state index contributed by atoms with van der Waals surface area (Å²) in [6.07, 6.45) is 2.89. The van der Waals surface area contributed by atoms with Gasteiger partial charge in [0.05, 0.1) is 17.4 Å². The summed E-state index contributed by atoms with van der Waals surface area (Å²) < 4.78 is 5.20. The van der Waals surface area contributed by atoms with Gasteiger partial charge in [0.1, 0.15) is 10.6 Å². The first-order valence-corrected chi connectivity index (χ1v) is 5.42. The van der Waals surface area contributed by atoms with Gasteiger partial charge in [0.2, 0.25) is 5.78 Å². The highest BCUT2D eigenvalue weighted by Crippen LogP contribution is 2.20. The van der Waals surface area contributed by atoms with Crippen molar-refractivity contribution in [1.82, 2.24) is 19.4 Å². The Labute approximate surface area is 94.8 Å². The predicted octanol–water partition coefficient (Wildman–Crippen LogP) is 1.64. The van der Waals surface area contributed by atoms with Gasteiger partial charge < -0.3 is 0 Å². The zero-order valence-corrected chi connectivity index (χ0v) is 9.42. The second kappa shape index (κ2) is 4.08. The van der Waals surface area contributed by atoms with E-state index in [0.29, 0.717) is 22.1 Å². The first-order chi connectivity index (χ1) is 7.24. The zero-order chi connectivity index (χ0) is 10.8. The molecule has 2 rings (SSSR count). The average molecular weight is 243 g/mol. The van der Waals surface area contributed by atoms with E-state index in [1.807, 2.05) is 6.92 Å². The van der Waals surface area contributed by atoms with Crippen LogP contribution >= 0.6 is 23.1 Å². The molecule has 0 aliphatic heterocycles. The molecule has 0 saturated carbocycles. The second-order valence-corrected chi connectivity index (χ2v) is 3.96. The van der Waals surface area contributed by atoms with E-state index in [9.17, 15) is 4.79 Å². The van der Waals surface area contributed by atoms with Gasteiger partial charge in [-0.3, -0.25) is 9.48 Å². The predicted molar refractivity (Wildman–Crippen MR) is 56.3 cm³/mol. The fourth-order valence-corrected chi connectivity index (χ4v) is 1.90. The summed E-state index contributed by atoms with van der Waals surface area (Å²) in [5, 5.41) is 7.96. The number of aromatic nitrogens is 4. The fraction of sp³-hybridized carbons (Fsp3) is 0.250. The van der Waals surface area contributed by atoms with E-state index < -0.39 is 0 Å². The Balaban J connectivity index is 2.45. The Kier molecular flexibility index (Phi) is 2.79. The van der Waals surface area contributed by atoms with Crippen LogP contribution in [0.25, 0.3) is 0 Å². The molecule has 0 aliphatic rings. The normalized spacial score (nSPS) is 10.5. The number of aryl methyl sites for hydroxylation is 1. The van der Waals surface area contributed by atoms with Crippen LogP contribution in [0.3, 0.4) is 0 Å². The molecule has 0 N–H and O–H groups in total. The van der Waals surface area contributed by atoms with Crippen molar-refractivity contribution in [3.63, 3.8) is 0 Å². The SMILES string of the molecule is CCn1ncc(Cl)c1C(=O)c1cnns1. The van der Waals surface area contributed by atoms with Crippen LogP contribution < -0.4 is 0 Å². The molecule has 0 fully saturated rings. The summed E-state index contributed by atoms with van der Waals surface area (Å²) in [5.41, 5.74) is 0.394. The number of rotatable bonds is 3. The van der Waals surface area contributed by atoms with Gasteiger partial charge in [0, 0.05) is 6.54 Å². The lowest BCUT2D eigenvalue weighted by Gasteiger charge is -2.01. The maximum atomic E-state index is 12.0. The quantitative estimate of drug-likeness (QED) is 0.768. The molecule has 0 saturated heterocycles. The topological polar surface area (TPSA) is 60.7 Å². The summed E-state index contributed by atoms with van der Waals surface area (Å²) >= 11 is 6.94. The van der Waals surface area contributed by atoms with Crippen LogP contribution in [-0.4, -0.2) is 25.2 Å². The van der Waals surface area contributed by atoms with Crippen LogP contribution in [0, 0.1) is 0 Å². The van der Waals surface area contributed by atoms with Crippen molar-refractivity contribution in [3.05, 3.63) is 28.0 Å². The van der Waals surface area contributed by atoms with Crippen LogP contribution in [0.4, 0.5) is 0 Å². The molecule has 2 aromatic rings. The molecule has 0 bridgehead atoms. The molecule has 0 aromatic carbocycles. The van der Waals surface area contributed by atoms with Crippen molar-refractivity contribution in [2.45, 2.75) is 13.5 Å². The van der Waals surface area contributed by atoms with Crippen LogP contribution in [-0.2, 0) is 6.54 Å². The standard InChI is InChI=1S/C8H7ClN4OS/c1-2-13-7(5(9)3-11-13)8(14)6-4-10-12-15-6/h3-4H,2H2,1H3. The molecule has 5 nitrogen and oxygen atoms in total. The van der Waals surface area contributed by atoms with Crippen molar-refractivity contribution in [2.75, 3.05) is 0 Å². The number of halogens is 1. The van der Waals surface area contributed by atoms with E-state index in [-0.39, 0.29) is 5.78 Å². The minimum Gasteiger partial charge on any atom is -0.286 e. The van der Waals surface area contributed by atoms with E-state index in [1.54, 1.807) is 4.68 Å². The molecule has 0 amide bonds. The number of nitrogens with zero attached hydrogens (tertiary/aromatic N) is 4. The zero-order valence-electron chi connectivity index (χ0n) is 7.85. The molecular formula is C8H7ClN4OS. The van der Waals surface area contributed by atoms with Crippen LogP contribution in [0.5, 0.6) is 0 Å². The van der Waals surface area contributed by atoms with Crippen molar-refractivity contribution in [1.29, 1.82) is 0 Å². The summed E-state index contributed by atoms with van der Waals surface area (Å²) in [6, 6.07) is 0. The third kappa shape index (κ3) is 1.78. The van der Waals surface area contributed by atoms with E-state index in [0.717, 1.165) is 11.5 Å². The molecule has 2 heterocycles. The number of hydrogen-bond acceptors (Lipinski definition) is 5. The third-order valence-corrected chi connectivity index (χ3v) is 2.83. The maximum absolute atomic E-state index is 12.0. The van der Waals surface area contributed by atoms with E-state index in [2.05, 4.69) is 14.7 Å². The minimum absolute atomic E-state index is 0.186. The van der Waals surface area contributed by atoms with Crippen LogP contribution in [0.1, 0.15) is 22.3 Å². The van der Waals surface area contributed by atoms with Crippen molar-refractivity contribution in [3.8, 4) is 0 Å². The Hall–Kier alpha value is -1.27. The third-order valence-electron chi connectivity index (χ3n) is 1.89. The van der Waals surface area contributed by atoms with Gasteiger partial charge in [0.25, 0.3) is 0 Å². The Morgan fingerprint density at radius 2 is 2.40 bits per heavy atom. The summed E-state index contributed by atoms with van der Waals surface area (Å²) in [7, 11) is 0. The van der Waals surface area contributed by atoms with Gasteiger partial charge in [-0.25, -0.2) is 0 Å². The van der Waals surface area contributed by atoms with E-state index >= 15 is 0 Å². The average Bonchev–Trinajstić information content (AvgIpc) is 2.85. The number of carbonyl (C=O) groups is 1. The van der Waals surface area contributed by atoms with Crippen molar-refractivity contribution in [2.24, 2.45) is 0 Å². The molecular weight excluding hydrogens is 236 g/mol. The molecule has 7 heteroatoms. The van der Waals surface area contributed by atoms with Gasteiger partial charge in [-0.15, -0.1) is 5.10 Å². The molecule has 15 heavy (non-hydrogen) atoms. The molecule has 78 valence electrons. The lowest BCUT2D eigenvalue weighted by Crippen LogP contribution is -2.09. The largest absolute Gasteiger partial charge is 0.286 e. The molecule has 2 aromatic heterocycles.